The molecule has 1 aliphatic heterocycles. The van der Waals surface area contributed by atoms with Crippen molar-refractivity contribution in [2.24, 2.45) is 0 Å². The number of morpholine rings is 1. The van der Waals surface area contributed by atoms with Crippen molar-refractivity contribution in [1.82, 2.24) is 19.7 Å². The molecule has 2 aromatic carbocycles. The highest BCUT2D eigenvalue weighted by molar-refractivity contribution is 5.84. The number of aryl methyl sites for hydroxylation is 1. The molecule has 1 aliphatic rings. The van der Waals surface area contributed by atoms with Crippen LogP contribution in [0.5, 0.6) is 5.75 Å². The summed E-state index contributed by atoms with van der Waals surface area (Å²) in [6, 6.07) is 12.7. The van der Waals surface area contributed by atoms with Crippen molar-refractivity contribution < 1.29 is 19.4 Å². The molecule has 1 atom stereocenters. The molecule has 29 heavy (non-hydrogen) atoms. The second-order valence-corrected chi connectivity index (χ2v) is 6.81. The Kier molecular flexibility index (Phi) is 7.15. The predicted molar refractivity (Wildman–Crippen MR) is 109 cm³/mol. The highest BCUT2D eigenvalue weighted by Crippen LogP contribution is 2.27. The van der Waals surface area contributed by atoms with Gasteiger partial charge in [0.1, 0.15) is 17.9 Å². The van der Waals surface area contributed by atoms with Crippen LogP contribution in [0, 0.1) is 6.92 Å². The van der Waals surface area contributed by atoms with Crippen molar-refractivity contribution >= 4 is 17.2 Å². The number of rotatable bonds is 5. The average molecular weight is 398 g/mol. The van der Waals surface area contributed by atoms with E-state index in [4.69, 9.17) is 19.4 Å². The van der Waals surface area contributed by atoms with Gasteiger partial charge in [-0.1, -0.05) is 18.2 Å². The van der Waals surface area contributed by atoms with E-state index in [9.17, 15) is 0 Å². The first kappa shape index (κ1) is 20.8. The molecule has 4 rings (SSSR count). The molecule has 1 unspecified atom stereocenters. The number of carbonyl (C=O) groups is 1. The van der Waals surface area contributed by atoms with E-state index in [2.05, 4.69) is 50.0 Å². The van der Waals surface area contributed by atoms with Gasteiger partial charge in [0.2, 0.25) is 0 Å². The number of aromatic nitrogens is 3. The van der Waals surface area contributed by atoms with Crippen molar-refractivity contribution in [2.45, 2.75) is 19.6 Å². The maximum Gasteiger partial charge on any atom is 0.290 e. The molecule has 0 bridgehead atoms. The lowest BCUT2D eigenvalue weighted by Crippen LogP contribution is -2.40. The van der Waals surface area contributed by atoms with Gasteiger partial charge in [-0.05, 0) is 41.5 Å². The van der Waals surface area contributed by atoms with E-state index < -0.39 is 0 Å². The number of carboxylic acid groups (broad SMARTS) is 1. The molecule has 0 amide bonds. The Morgan fingerprint density at radius 2 is 2.00 bits per heavy atom. The molecule has 1 saturated heterocycles. The first-order valence-corrected chi connectivity index (χ1v) is 9.48. The summed E-state index contributed by atoms with van der Waals surface area (Å²) < 4.78 is 13.4. The maximum absolute atomic E-state index is 8.36. The Balaban J connectivity index is 0.000000755. The highest BCUT2D eigenvalue weighted by atomic mass is 16.5. The Morgan fingerprint density at radius 1 is 1.24 bits per heavy atom. The quantitative estimate of drug-likeness (QED) is 0.661. The topological polar surface area (TPSA) is 89.7 Å². The van der Waals surface area contributed by atoms with Crippen LogP contribution in [0.2, 0.25) is 0 Å². The largest absolute Gasteiger partial charge is 0.497 e. The third-order valence-electron chi connectivity index (χ3n) is 5.06. The Hall–Kier alpha value is -2.97. The lowest BCUT2D eigenvalue weighted by atomic mass is 10.0. The monoisotopic (exact) mass is 398 g/mol. The van der Waals surface area contributed by atoms with Gasteiger partial charge in [-0.2, -0.15) is 0 Å². The maximum atomic E-state index is 8.36. The second-order valence-electron chi connectivity index (χ2n) is 6.81. The lowest BCUT2D eigenvalue weighted by molar-refractivity contribution is -0.122. The van der Waals surface area contributed by atoms with Gasteiger partial charge in [-0.15, -0.1) is 10.2 Å². The lowest BCUT2D eigenvalue weighted by Gasteiger charge is -2.33. The summed E-state index contributed by atoms with van der Waals surface area (Å²) in [7, 11) is 1.70. The summed E-state index contributed by atoms with van der Waals surface area (Å²) in [6.07, 6.45) is 1.91. The molecule has 1 N–H and O–H groups in total. The van der Waals surface area contributed by atoms with Crippen LogP contribution in [0.4, 0.5) is 0 Å². The molecular formula is C21H26N4O4. The van der Waals surface area contributed by atoms with Crippen LogP contribution >= 0.6 is 0 Å². The summed E-state index contributed by atoms with van der Waals surface area (Å²) >= 11 is 0. The molecule has 154 valence electrons. The van der Waals surface area contributed by atoms with Crippen molar-refractivity contribution in [1.29, 1.82) is 0 Å². The number of methoxy groups -OCH3 is 1. The first-order chi connectivity index (χ1) is 14.1. The van der Waals surface area contributed by atoms with Gasteiger partial charge in [0.15, 0.2) is 0 Å². The minimum atomic E-state index is -0.250. The SMILES string of the molecule is COc1ccc2cc(C3CN(CCn4cnnc4C)CCO3)ccc2c1.O=CO. The molecule has 8 nitrogen and oxygen atoms in total. The van der Waals surface area contributed by atoms with E-state index in [1.807, 2.05) is 13.0 Å². The smallest absolute Gasteiger partial charge is 0.290 e. The van der Waals surface area contributed by atoms with Gasteiger partial charge in [0, 0.05) is 26.2 Å². The van der Waals surface area contributed by atoms with Crippen LogP contribution in [0.15, 0.2) is 42.7 Å². The van der Waals surface area contributed by atoms with Crippen LogP contribution in [0.3, 0.4) is 0 Å². The van der Waals surface area contributed by atoms with Crippen LogP contribution < -0.4 is 4.74 Å². The fourth-order valence-corrected chi connectivity index (χ4v) is 3.46. The molecule has 0 radical (unpaired) electrons. The summed E-state index contributed by atoms with van der Waals surface area (Å²) in [6.45, 7) is 6.24. The minimum absolute atomic E-state index is 0.109. The molecule has 0 aliphatic carbocycles. The van der Waals surface area contributed by atoms with Crippen LogP contribution in [-0.4, -0.2) is 64.6 Å². The van der Waals surface area contributed by atoms with Gasteiger partial charge in [0.25, 0.3) is 6.47 Å². The summed E-state index contributed by atoms with van der Waals surface area (Å²) in [4.78, 5) is 10.8. The van der Waals surface area contributed by atoms with Gasteiger partial charge in [0.05, 0.1) is 19.8 Å². The number of ether oxygens (including phenoxy) is 2. The van der Waals surface area contributed by atoms with E-state index in [0.29, 0.717) is 0 Å². The Labute approximate surface area is 169 Å². The zero-order valence-electron chi connectivity index (χ0n) is 16.7. The first-order valence-electron chi connectivity index (χ1n) is 9.48. The average Bonchev–Trinajstić information content (AvgIpc) is 3.17. The zero-order chi connectivity index (χ0) is 20.6. The number of benzene rings is 2. The van der Waals surface area contributed by atoms with E-state index in [0.717, 1.165) is 44.4 Å². The summed E-state index contributed by atoms with van der Waals surface area (Å²) in [5, 5.41) is 17.3. The van der Waals surface area contributed by atoms with E-state index in [1.54, 1.807) is 13.4 Å². The molecule has 8 heteroatoms. The molecule has 0 spiro atoms. The normalized spacial score (nSPS) is 16.8. The standard InChI is InChI=1S/C20H24N4O2.CH2O2/c1-15-22-21-14-24(15)8-7-23-9-10-26-20(13-23)18-4-3-17-12-19(25-2)6-5-16(17)11-18;2-1-3/h3-6,11-12,14,20H,7-10,13H2,1-2H3;1H,(H,2,3). The third-order valence-corrected chi connectivity index (χ3v) is 5.06. The molecule has 2 heterocycles. The van der Waals surface area contributed by atoms with Crippen molar-refractivity contribution in [3.63, 3.8) is 0 Å². The van der Waals surface area contributed by atoms with Gasteiger partial charge >= 0.3 is 0 Å². The van der Waals surface area contributed by atoms with Crippen LogP contribution in [-0.2, 0) is 16.1 Å². The molecule has 1 aromatic heterocycles. The van der Waals surface area contributed by atoms with Crippen LogP contribution in [0.25, 0.3) is 10.8 Å². The summed E-state index contributed by atoms with van der Waals surface area (Å²) in [5.74, 6) is 1.84. The zero-order valence-corrected chi connectivity index (χ0v) is 16.7. The molecule has 0 saturated carbocycles. The number of nitrogens with zero attached hydrogens (tertiary/aromatic N) is 4. The van der Waals surface area contributed by atoms with Gasteiger partial charge in [-0.25, -0.2) is 0 Å². The molecule has 3 aromatic rings. The van der Waals surface area contributed by atoms with Gasteiger partial charge < -0.3 is 19.1 Å². The number of fused-ring (bicyclic) bond motifs is 1. The molecule has 1 fully saturated rings. The van der Waals surface area contributed by atoms with Crippen LogP contribution in [0.1, 0.15) is 17.5 Å². The third kappa shape index (κ3) is 5.30. The minimum Gasteiger partial charge on any atom is -0.497 e. The Bertz CT molecular complexity index is 943. The number of hydrogen-bond acceptors (Lipinski definition) is 6. The van der Waals surface area contributed by atoms with Crippen molar-refractivity contribution in [2.75, 3.05) is 33.4 Å². The van der Waals surface area contributed by atoms with E-state index >= 15 is 0 Å². The number of hydrogen-bond donors (Lipinski definition) is 1. The highest BCUT2D eigenvalue weighted by Gasteiger charge is 2.22. The van der Waals surface area contributed by atoms with E-state index in [-0.39, 0.29) is 12.6 Å². The van der Waals surface area contributed by atoms with Gasteiger partial charge in [-0.3, -0.25) is 9.69 Å². The fraction of sp³-hybridized carbons (Fsp3) is 0.381. The fourth-order valence-electron chi connectivity index (χ4n) is 3.46. The van der Waals surface area contributed by atoms with Crippen molar-refractivity contribution in [3.05, 3.63) is 54.1 Å². The predicted octanol–water partition coefficient (Wildman–Crippen LogP) is 2.52. The Morgan fingerprint density at radius 3 is 2.72 bits per heavy atom. The summed E-state index contributed by atoms with van der Waals surface area (Å²) in [5.41, 5.74) is 1.23. The van der Waals surface area contributed by atoms with E-state index in [1.165, 1.54) is 16.3 Å². The van der Waals surface area contributed by atoms with Crippen molar-refractivity contribution in [3.8, 4) is 5.75 Å². The second kappa shape index (κ2) is 9.99. The molecular weight excluding hydrogens is 372 g/mol.